The molecule has 1 N–H and O–H groups in total. The standard InChI is InChI=1S/C23H27N3O/c1-16-5-6-21-19(12-16)20-14-25-11-3-2-4-18(25)13-22(20)26(21)15-23(27)17-7-9-24-10-8-17/h5-10,12,18,23,27H,2-4,11,13-15H2,1H3. The molecule has 27 heavy (non-hydrogen) atoms. The number of benzene rings is 1. The van der Waals surface area contributed by atoms with E-state index in [0.717, 1.165) is 18.5 Å². The Hall–Kier alpha value is -2.17. The van der Waals surface area contributed by atoms with Crippen LogP contribution in [-0.2, 0) is 19.5 Å². The SMILES string of the molecule is Cc1ccc2c(c1)c1c(n2CC(O)c2ccncc2)CC2CCCCN2C1. The van der Waals surface area contributed by atoms with Crippen molar-refractivity contribution in [3.8, 4) is 0 Å². The highest BCUT2D eigenvalue weighted by molar-refractivity contribution is 5.86. The molecule has 4 heterocycles. The number of hydrogen-bond donors (Lipinski definition) is 1. The van der Waals surface area contributed by atoms with E-state index < -0.39 is 6.10 Å². The minimum absolute atomic E-state index is 0.515. The van der Waals surface area contributed by atoms with Crippen LogP contribution >= 0.6 is 0 Å². The van der Waals surface area contributed by atoms with Crippen LogP contribution in [0.4, 0.5) is 0 Å². The maximum atomic E-state index is 10.9. The Morgan fingerprint density at radius 3 is 2.89 bits per heavy atom. The molecule has 0 spiro atoms. The van der Waals surface area contributed by atoms with Crippen LogP contribution in [0.3, 0.4) is 0 Å². The number of fused-ring (bicyclic) bond motifs is 4. The van der Waals surface area contributed by atoms with Crippen LogP contribution in [0.5, 0.6) is 0 Å². The second-order valence-electron chi connectivity index (χ2n) is 8.18. The van der Waals surface area contributed by atoms with Gasteiger partial charge in [0.15, 0.2) is 0 Å². The average Bonchev–Trinajstić information content (AvgIpc) is 2.99. The van der Waals surface area contributed by atoms with E-state index in [0.29, 0.717) is 12.6 Å². The molecule has 2 aromatic heterocycles. The molecule has 0 aliphatic carbocycles. The topological polar surface area (TPSA) is 41.3 Å². The van der Waals surface area contributed by atoms with Gasteiger partial charge in [0.1, 0.15) is 0 Å². The zero-order chi connectivity index (χ0) is 18.4. The first kappa shape index (κ1) is 17.0. The molecular weight excluding hydrogens is 334 g/mol. The monoisotopic (exact) mass is 361 g/mol. The molecular formula is C23H27N3O. The number of aryl methyl sites for hydroxylation is 1. The summed E-state index contributed by atoms with van der Waals surface area (Å²) in [5, 5.41) is 12.3. The first-order valence-corrected chi connectivity index (χ1v) is 10.1. The van der Waals surface area contributed by atoms with Crippen molar-refractivity contribution in [2.24, 2.45) is 0 Å². The second-order valence-corrected chi connectivity index (χ2v) is 8.18. The summed E-state index contributed by atoms with van der Waals surface area (Å²) in [5.41, 5.74) is 6.42. The van der Waals surface area contributed by atoms with Crippen LogP contribution in [0, 0.1) is 6.92 Å². The summed E-state index contributed by atoms with van der Waals surface area (Å²) >= 11 is 0. The Bertz CT molecular complexity index is 963. The number of nitrogens with zero attached hydrogens (tertiary/aromatic N) is 3. The molecule has 2 aliphatic heterocycles. The Kier molecular flexibility index (Phi) is 4.25. The fourth-order valence-electron chi connectivity index (χ4n) is 5.00. The molecule has 4 nitrogen and oxygen atoms in total. The predicted molar refractivity (Wildman–Crippen MR) is 108 cm³/mol. The van der Waals surface area contributed by atoms with Crippen molar-refractivity contribution in [1.29, 1.82) is 0 Å². The first-order valence-electron chi connectivity index (χ1n) is 10.1. The lowest BCUT2D eigenvalue weighted by Gasteiger charge is -2.39. The van der Waals surface area contributed by atoms with Crippen molar-refractivity contribution >= 4 is 10.9 Å². The molecule has 0 radical (unpaired) electrons. The largest absolute Gasteiger partial charge is 0.387 e. The Labute approximate surface area is 160 Å². The second kappa shape index (κ2) is 6.77. The van der Waals surface area contributed by atoms with E-state index in [9.17, 15) is 5.11 Å². The molecule has 2 aliphatic rings. The minimum Gasteiger partial charge on any atom is -0.387 e. The quantitative estimate of drug-likeness (QED) is 0.767. The number of pyridine rings is 1. The van der Waals surface area contributed by atoms with Gasteiger partial charge in [-0.25, -0.2) is 0 Å². The maximum Gasteiger partial charge on any atom is 0.0970 e. The van der Waals surface area contributed by atoms with Crippen molar-refractivity contribution in [3.05, 3.63) is 65.1 Å². The van der Waals surface area contributed by atoms with Crippen molar-refractivity contribution in [2.75, 3.05) is 6.54 Å². The zero-order valence-electron chi connectivity index (χ0n) is 15.9. The fraction of sp³-hybridized carbons (Fsp3) is 0.435. The van der Waals surface area contributed by atoms with Crippen molar-refractivity contribution in [2.45, 2.75) is 57.8 Å². The van der Waals surface area contributed by atoms with Crippen LogP contribution < -0.4 is 0 Å². The van der Waals surface area contributed by atoms with Gasteiger partial charge < -0.3 is 9.67 Å². The molecule has 1 saturated heterocycles. The van der Waals surface area contributed by atoms with E-state index in [2.05, 4.69) is 39.6 Å². The number of hydrogen-bond acceptors (Lipinski definition) is 3. The molecule has 140 valence electrons. The highest BCUT2D eigenvalue weighted by atomic mass is 16.3. The summed E-state index contributed by atoms with van der Waals surface area (Å²) in [5.74, 6) is 0. The van der Waals surface area contributed by atoms with Gasteiger partial charge in [-0.2, -0.15) is 0 Å². The fourth-order valence-corrected chi connectivity index (χ4v) is 5.00. The number of aromatic nitrogens is 2. The summed E-state index contributed by atoms with van der Waals surface area (Å²) in [7, 11) is 0. The van der Waals surface area contributed by atoms with Crippen LogP contribution in [0.25, 0.3) is 10.9 Å². The van der Waals surface area contributed by atoms with Crippen molar-refractivity contribution in [3.63, 3.8) is 0 Å². The van der Waals surface area contributed by atoms with Gasteiger partial charge in [0.25, 0.3) is 0 Å². The number of piperidine rings is 1. The van der Waals surface area contributed by atoms with E-state index in [1.807, 2.05) is 12.1 Å². The third-order valence-corrected chi connectivity index (χ3v) is 6.43. The lowest BCUT2D eigenvalue weighted by molar-refractivity contribution is 0.121. The lowest BCUT2D eigenvalue weighted by atomic mass is 9.91. The summed E-state index contributed by atoms with van der Waals surface area (Å²) in [6.07, 6.45) is 8.06. The summed E-state index contributed by atoms with van der Waals surface area (Å²) in [6.45, 7) is 5.05. The molecule has 2 atom stereocenters. The zero-order valence-corrected chi connectivity index (χ0v) is 15.9. The number of aliphatic hydroxyl groups excluding tert-OH is 1. The maximum absolute atomic E-state index is 10.9. The Balaban J connectivity index is 1.59. The van der Waals surface area contributed by atoms with Gasteiger partial charge in [-0.15, -0.1) is 0 Å². The highest BCUT2D eigenvalue weighted by Gasteiger charge is 2.32. The van der Waals surface area contributed by atoms with Gasteiger partial charge in [0.2, 0.25) is 0 Å². The lowest BCUT2D eigenvalue weighted by Crippen LogP contribution is -2.43. The Morgan fingerprint density at radius 1 is 1.19 bits per heavy atom. The van der Waals surface area contributed by atoms with E-state index in [4.69, 9.17) is 0 Å². The van der Waals surface area contributed by atoms with Gasteiger partial charge in [0.05, 0.1) is 12.6 Å². The molecule has 1 aromatic carbocycles. The van der Waals surface area contributed by atoms with E-state index in [1.54, 1.807) is 12.4 Å². The van der Waals surface area contributed by atoms with E-state index >= 15 is 0 Å². The molecule has 0 bridgehead atoms. The van der Waals surface area contributed by atoms with Crippen LogP contribution in [-0.4, -0.2) is 32.1 Å². The highest BCUT2D eigenvalue weighted by Crippen LogP contribution is 2.37. The van der Waals surface area contributed by atoms with Crippen LogP contribution in [0.15, 0.2) is 42.7 Å². The smallest absolute Gasteiger partial charge is 0.0970 e. The normalized spacial score (nSPS) is 21.0. The third kappa shape index (κ3) is 2.97. The van der Waals surface area contributed by atoms with Gasteiger partial charge >= 0.3 is 0 Å². The van der Waals surface area contributed by atoms with Gasteiger partial charge in [-0.05, 0) is 61.7 Å². The van der Waals surface area contributed by atoms with Crippen LogP contribution in [0.2, 0.25) is 0 Å². The summed E-state index contributed by atoms with van der Waals surface area (Å²) in [6, 6.07) is 11.2. The summed E-state index contributed by atoms with van der Waals surface area (Å²) < 4.78 is 2.39. The molecule has 5 rings (SSSR count). The minimum atomic E-state index is -0.515. The van der Waals surface area contributed by atoms with Gasteiger partial charge in [-0.3, -0.25) is 9.88 Å². The van der Waals surface area contributed by atoms with E-state index in [1.165, 1.54) is 53.5 Å². The molecule has 2 unspecified atom stereocenters. The van der Waals surface area contributed by atoms with Crippen LogP contribution in [0.1, 0.15) is 47.8 Å². The number of rotatable bonds is 3. The van der Waals surface area contributed by atoms with E-state index in [-0.39, 0.29) is 0 Å². The van der Waals surface area contributed by atoms with Gasteiger partial charge in [0, 0.05) is 48.0 Å². The average molecular weight is 361 g/mol. The molecule has 4 heteroatoms. The predicted octanol–water partition coefficient (Wildman–Crippen LogP) is 3.99. The Morgan fingerprint density at radius 2 is 2.04 bits per heavy atom. The molecule has 0 saturated carbocycles. The first-order chi connectivity index (χ1) is 13.2. The molecule has 1 fully saturated rings. The molecule has 0 amide bonds. The summed E-state index contributed by atoms with van der Waals surface area (Å²) in [4.78, 5) is 6.75. The third-order valence-electron chi connectivity index (χ3n) is 6.43. The van der Waals surface area contributed by atoms with Gasteiger partial charge in [-0.1, -0.05) is 18.1 Å². The number of aliphatic hydroxyl groups is 1. The molecule has 3 aromatic rings. The van der Waals surface area contributed by atoms with Crippen molar-refractivity contribution in [1.82, 2.24) is 14.5 Å². The van der Waals surface area contributed by atoms with Crippen molar-refractivity contribution < 1.29 is 5.11 Å².